The Balaban J connectivity index is 1.41. The molecule has 2 aliphatic heterocycles. The first kappa shape index (κ1) is 22.2. The first-order chi connectivity index (χ1) is 17.6. The Labute approximate surface area is 213 Å². The molecule has 1 atom stereocenters. The number of amides is 1. The van der Waals surface area contributed by atoms with Crippen molar-refractivity contribution in [3.63, 3.8) is 0 Å². The number of carbonyl (C=O) groups is 2. The van der Waals surface area contributed by atoms with Crippen LogP contribution in [-0.4, -0.2) is 22.8 Å². The SMILES string of the molecule is CC(=O)N1/C(=C/C2Nc3c(Cc4ccccc4)nc(-c4ccccc4)c[n+]3C2=O)Sc2ccccc21. The Bertz CT molecular complexity index is 1520. The summed E-state index contributed by atoms with van der Waals surface area (Å²) in [6, 6.07) is 27.1. The van der Waals surface area contributed by atoms with Gasteiger partial charge in [-0.25, -0.2) is 9.78 Å². The van der Waals surface area contributed by atoms with E-state index < -0.39 is 6.04 Å². The molecule has 6 nitrogen and oxygen atoms in total. The molecule has 0 radical (unpaired) electrons. The second-order valence-electron chi connectivity index (χ2n) is 8.71. The van der Waals surface area contributed by atoms with E-state index >= 15 is 0 Å². The van der Waals surface area contributed by atoms with Gasteiger partial charge in [0.25, 0.3) is 0 Å². The van der Waals surface area contributed by atoms with Crippen LogP contribution < -0.4 is 14.8 Å². The zero-order valence-electron chi connectivity index (χ0n) is 19.6. The minimum atomic E-state index is -0.619. The van der Waals surface area contributed by atoms with Gasteiger partial charge in [-0.15, -0.1) is 0 Å². The molecule has 1 unspecified atom stereocenters. The van der Waals surface area contributed by atoms with Gasteiger partial charge in [-0.2, -0.15) is 4.57 Å². The first-order valence-corrected chi connectivity index (χ1v) is 12.6. The summed E-state index contributed by atoms with van der Waals surface area (Å²) in [5.74, 6) is 0.485. The van der Waals surface area contributed by atoms with Gasteiger partial charge >= 0.3 is 11.7 Å². The first-order valence-electron chi connectivity index (χ1n) is 11.7. The van der Waals surface area contributed by atoms with Crippen LogP contribution in [0.4, 0.5) is 11.5 Å². The molecule has 0 saturated carbocycles. The monoisotopic (exact) mass is 491 g/mol. The van der Waals surface area contributed by atoms with E-state index in [0.29, 0.717) is 12.2 Å². The maximum absolute atomic E-state index is 13.6. The number of para-hydroxylation sites is 1. The molecule has 3 aromatic carbocycles. The fraction of sp³-hybridized carbons (Fsp3) is 0.103. The fourth-order valence-electron chi connectivity index (χ4n) is 4.59. The van der Waals surface area contributed by atoms with Gasteiger partial charge in [0.15, 0.2) is 0 Å². The van der Waals surface area contributed by atoms with Crippen LogP contribution in [0.15, 0.2) is 107 Å². The molecule has 36 heavy (non-hydrogen) atoms. The predicted molar refractivity (Wildman–Crippen MR) is 141 cm³/mol. The Morgan fingerprint density at radius 3 is 2.47 bits per heavy atom. The van der Waals surface area contributed by atoms with Crippen molar-refractivity contribution < 1.29 is 14.2 Å². The zero-order valence-corrected chi connectivity index (χ0v) is 20.4. The van der Waals surface area contributed by atoms with Crippen molar-refractivity contribution in [2.24, 2.45) is 0 Å². The molecule has 1 aromatic heterocycles. The third-order valence-electron chi connectivity index (χ3n) is 6.27. The van der Waals surface area contributed by atoms with Crippen LogP contribution in [0.2, 0.25) is 0 Å². The number of rotatable bonds is 4. The van der Waals surface area contributed by atoms with Crippen LogP contribution >= 0.6 is 11.8 Å². The van der Waals surface area contributed by atoms with Gasteiger partial charge in [-0.05, 0) is 17.7 Å². The average Bonchev–Trinajstić information content (AvgIpc) is 3.43. The molecule has 0 spiro atoms. The lowest BCUT2D eigenvalue weighted by Gasteiger charge is -2.16. The second-order valence-corrected chi connectivity index (χ2v) is 9.77. The summed E-state index contributed by atoms with van der Waals surface area (Å²) in [5, 5.41) is 4.11. The summed E-state index contributed by atoms with van der Waals surface area (Å²) in [4.78, 5) is 33.8. The summed E-state index contributed by atoms with van der Waals surface area (Å²) >= 11 is 1.50. The van der Waals surface area contributed by atoms with Gasteiger partial charge < -0.3 is 0 Å². The van der Waals surface area contributed by atoms with Crippen LogP contribution in [0.3, 0.4) is 0 Å². The number of nitrogens with zero attached hydrogens (tertiary/aromatic N) is 3. The van der Waals surface area contributed by atoms with E-state index in [0.717, 1.165) is 38.1 Å². The minimum Gasteiger partial charge on any atom is -0.274 e. The minimum absolute atomic E-state index is 0.0906. The second kappa shape index (κ2) is 9.09. The third kappa shape index (κ3) is 3.97. The van der Waals surface area contributed by atoms with Crippen LogP contribution in [0.25, 0.3) is 11.3 Å². The number of anilines is 2. The average molecular weight is 492 g/mol. The summed E-state index contributed by atoms with van der Waals surface area (Å²) in [5.41, 5.74) is 4.43. The molecule has 2 aliphatic rings. The molecule has 0 bridgehead atoms. The van der Waals surface area contributed by atoms with Crippen LogP contribution in [0.1, 0.15) is 23.0 Å². The number of hydrogen-bond acceptors (Lipinski definition) is 5. The molecule has 7 heteroatoms. The summed E-state index contributed by atoms with van der Waals surface area (Å²) in [6.45, 7) is 1.54. The lowest BCUT2D eigenvalue weighted by molar-refractivity contribution is -0.552. The smallest absolute Gasteiger partial charge is 0.274 e. The number of nitrogens with one attached hydrogen (secondary N) is 1. The Kier molecular flexibility index (Phi) is 5.62. The fourth-order valence-corrected chi connectivity index (χ4v) is 5.75. The maximum Gasteiger partial charge on any atom is 0.363 e. The van der Waals surface area contributed by atoms with E-state index in [-0.39, 0.29) is 11.8 Å². The number of aromatic nitrogens is 2. The maximum atomic E-state index is 13.6. The van der Waals surface area contributed by atoms with Gasteiger partial charge in [0.05, 0.1) is 10.7 Å². The predicted octanol–water partition coefficient (Wildman–Crippen LogP) is 5.06. The molecule has 3 heterocycles. The number of thioether (sulfide) groups is 1. The van der Waals surface area contributed by atoms with Gasteiger partial charge in [-0.3, -0.25) is 15.0 Å². The van der Waals surface area contributed by atoms with E-state index in [9.17, 15) is 9.59 Å². The highest BCUT2D eigenvalue weighted by Crippen LogP contribution is 2.46. The van der Waals surface area contributed by atoms with Crippen LogP contribution in [0, 0.1) is 0 Å². The topological polar surface area (TPSA) is 66.2 Å². The standard InChI is InChI=1S/C29H22N4O2S/c1-19(34)33-25-14-8-9-15-26(25)36-27(33)17-23-29(35)32-18-24(21-12-6-3-7-13-21)30-22(28(32)31-23)16-20-10-4-2-5-11-20/h2-15,17-18,23H,16H2,1H3/p+1/b27-17-. The van der Waals surface area contributed by atoms with Crippen LogP contribution in [-0.2, 0) is 11.2 Å². The van der Waals surface area contributed by atoms with Crippen LogP contribution in [0.5, 0.6) is 0 Å². The molecule has 1 amide bonds. The number of fused-ring (bicyclic) bond motifs is 2. The summed E-state index contributed by atoms with van der Waals surface area (Å²) < 4.78 is 1.67. The Hall–Kier alpha value is -4.23. The Morgan fingerprint density at radius 1 is 1.03 bits per heavy atom. The van der Waals surface area contributed by atoms with E-state index in [1.54, 1.807) is 15.7 Å². The molecule has 0 aliphatic carbocycles. The lowest BCUT2D eigenvalue weighted by Crippen LogP contribution is -2.43. The van der Waals surface area contributed by atoms with E-state index in [1.165, 1.54) is 18.7 Å². The molecular formula is C29H23N4O2S+. The highest BCUT2D eigenvalue weighted by Gasteiger charge is 2.41. The highest BCUT2D eigenvalue weighted by molar-refractivity contribution is 8.03. The van der Waals surface area contributed by atoms with Gasteiger partial charge in [-0.1, -0.05) is 84.6 Å². The molecular weight excluding hydrogens is 468 g/mol. The molecule has 6 rings (SSSR count). The summed E-state index contributed by atoms with van der Waals surface area (Å²) in [6.07, 6.45) is 4.22. The zero-order chi connectivity index (χ0) is 24.6. The molecule has 4 aromatic rings. The van der Waals surface area contributed by atoms with Crippen molar-refractivity contribution >= 4 is 35.1 Å². The van der Waals surface area contributed by atoms with Crippen molar-refractivity contribution in [2.45, 2.75) is 24.3 Å². The van der Waals surface area contributed by atoms with E-state index in [2.05, 4.69) is 17.4 Å². The third-order valence-corrected chi connectivity index (χ3v) is 7.36. The van der Waals surface area contributed by atoms with Gasteiger partial charge in [0, 0.05) is 29.9 Å². The van der Waals surface area contributed by atoms with Crippen molar-refractivity contribution in [1.29, 1.82) is 0 Å². The Morgan fingerprint density at radius 2 is 1.72 bits per heavy atom. The van der Waals surface area contributed by atoms with Gasteiger partial charge in [0.2, 0.25) is 11.9 Å². The van der Waals surface area contributed by atoms with E-state index in [4.69, 9.17) is 4.98 Å². The molecule has 1 N–H and O–H groups in total. The normalized spacial score (nSPS) is 17.1. The van der Waals surface area contributed by atoms with Gasteiger partial charge in [0.1, 0.15) is 17.6 Å². The molecule has 0 fully saturated rings. The summed E-state index contributed by atoms with van der Waals surface area (Å²) in [7, 11) is 0. The van der Waals surface area contributed by atoms with Crippen molar-refractivity contribution in [2.75, 3.05) is 10.2 Å². The lowest BCUT2D eigenvalue weighted by atomic mass is 10.1. The van der Waals surface area contributed by atoms with Crippen molar-refractivity contribution in [1.82, 2.24) is 4.98 Å². The number of hydrogen-bond donors (Lipinski definition) is 1. The largest absolute Gasteiger partial charge is 0.363 e. The molecule has 0 saturated heterocycles. The molecule has 176 valence electrons. The van der Waals surface area contributed by atoms with Crippen molar-refractivity contribution in [3.8, 4) is 11.3 Å². The quantitative estimate of drug-likeness (QED) is 0.404. The van der Waals surface area contributed by atoms with E-state index in [1.807, 2.05) is 78.9 Å². The highest BCUT2D eigenvalue weighted by atomic mass is 32.2. The number of carbonyl (C=O) groups excluding carboxylic acids is 2. The van der Waals surface area contributed by atoms with Crippen molar-refractivity contribution in [3.05, 3.63) is 113 Å². The number of benzene rings is 3.